The molecule has 1 heterocycles. The summed E-state index contributed by atoms with van der Waals surface area (Å²) in [6.45, 7) is 0. The molecule has 0 saturated heterocycles. The van der Waals surface area contributed by atoms with Gasteiger partial charge in [0.1, 0.15) is 5.58 Å². The van der Waals surface area contributed by atoms with Gasteiger partial charge in [0.15, 0.2) is 0 Å². The van der Waals surface area contributed by atoms with Gasteiger partial charge in [-0.05, 0) is 12.1 Å². The van der Waals surface area contributed by atoms with Crippen molar-refractivity contribution >= 4 is 11.0 Å². The van der Waals surface area contributed by atoms with Crippen LogP contribution in [0.25, 0.3) is 11.0 Å². The first-order chi connectivity index (χ1) is 6.36. The maximum Gasteiger partial charge on any atom is 0.336 e. The SMILES string of the molecule is O=c1ccc2ccccc2o1.OO. The average Bonchev–Trinajstić information content (AvgIpc) is 2.21. The lowest BCUT2D eigenvalue weighted by Crippen LogP contribution is -1.93. The number of rotatable bonds is 0. The molecule has 68 valence electrons. The van der Waals surface area contributed by atoms with E-state index in [1.54, 1.807) is 12.1 Å². The number of para-hydroxylation sites is 1. The van der Waals surface area contributed by atoms with E-state index in [2.05, 4.69) is 0 Å². The molecule has 4 nitrogen and oxygen atoms in total. The van der Waals surface area contributed by atoms with Crippen LogP contribution >= 0.6 is 0 Å². The summed E-state index contributed by atoms with van der Waals surface area (Å²) in [5, 5.41) is 13.0. The van der Waals surface area contributed by atoms with Crippen molar-refractivity contribution in [3.63, 3.8) is 0 Å². The van der Waals surface area contributed by atoms with E-state index < -0.39 is 0 Å². The van der Waals surface area contributed by atoms with E-state index in [1.165, 1.54) is 6.07 Å². The Kier molecular flexibility index (Phi) is 3.19. The quantitative estimate of drug-likeness (QED) is 0.368. The van der Waals surface area contributed by atoms with Crippen LogP contribution in [-0.2, 0) is 0 Å². The summed E-state index contributed by atoms with van der Waals surface area (Å²) in [6.07, 6.45) is 0. The first kappa shape index (κ1) is 9.44. The smallest absolute Gasteiger partial charge is 0.336 e. The molecule has 0 fully saturated rings. The largest absolute Gasteiger partial charge is 0.423 e. The Morgan fingerprint density at radius 3 is 2.46 bits per heavy atom. The van der Waals surface area contributed by atoms with Gasteiger partial charge in [-0.25, -0.2) is 4.79 Å². The second kappa shape index (κ2) is 4.39. The average molecular weight is 180 g/mol. The molecule has 0 unspecified atom stereocenters. The van der Waals surface area contributed by atoms with Crippen molar-refractivity contribution in [2.75, 3.05) is 0 Å². The standard InChI is InChI=1S/C9H6O2.H2O2/c10-9-6-5-7-3-1-2-4-8(7)11-9;1-2/h1-6H;1-2H. The monoisotopic (exact) mass is 180 g/mol. The summed E-state index contributed by atoms with van der Waals surface area (Å²) >= 11 is 0. The van der Waals surface area contributed by atoms with Gasteiger partial charge in [0.25, 0.3) is 0 Å². The molecule has 0 radical (unpaired) electrons. The minimum Gasteiger partial charge on any atom is -0.423 e. The van der Waals surface area contributed by atoms with E-state index in [4.69, 9.17) is 14.9 Å². The third-order valence-electron chi connectivity index (χ3n) is 1.53. The lowest BCUT2D eigenvalue weighted by atomic mass is 10.2. The van der Waals surface area contributed by atoms with Crippen LogP contribution in [0.15, 0.2) is 45.6 Å². The Morgan fingerprint density at radius 1 is 1.00 bits per heavy atom. The van der Waals surface area contributed by atoms with Gasteiger partial charge in [-0.1, -0.05) is 18.2 Å². The molecule has 0 atom stereocenters. The minimum atomic E-state index is -0.302. The summed E-state index contributed by atoms with van der Waals surface area (Å²) < 4.78 is 4.91. The third-order valence-corrected chi connectivity index (χ3v) is 1.53. The van der Waals surface area contributed by atoms with Gasteiger partial charge >= 0.3 is 5.63 Å². The number of hydrogen-bond acceptors (Lipinski definition) is 4. The summed E-state index contributed by atoms with van der Waals surface area (Å²) in [5.41, 5.74) is 0.337. The molecule has 0 aliphatic rings. The molecule has 0 saturated carbocycles. The summed E-state index contributed by atoms with van der Waals surface area (Å²) in [5.74, 6) is 0. The molecule has 1 aromatic carbocycles. The Labute approximate surface area is 73.6 Å². The minimum absolute atomic E-state index is 0.302. The van der Waals surface area contributed by atoms with E-state index >= 15 is 0 Å². The predicted octanol–water partition coefficient (Wildman–Crippen LogP) is 1.81. The van der Waals surface area contributed by atoms with Gasteiger partial charge in [-0.2, -0.15) is 0 Å². The number of fused-ring (bicyclic) bond motifs is 1. The lowest BCUT2D eigenvalue weighted by molar-refractivity contribution is -0.176. The van der Waals surface area contributed by atoms with E-state index in [1.807, 2.05) is 18.2 Å². The molecule has 0 aliphatic carbocycles. The normalized spacial score (nSPS) is 9.08. The molecule has 0 bridgehead atoms. The van der Waals surface area contributed by atoms with Gasteiger partial charge in [0, 0.05) is 11.5 Å². The summed E-state index contributed by atoms with van der Waals surface area (Å²) in [4.78, 5) is 10.7. The second-order valence-corrected chi connectivity index (χ2v) is 2.29. The highest BCUT2D eigenvalue weighted by molar-refractivity contribution is 5.75. The van der Waals surface area contributed by atoms with Gasteiger partial charge < -0.3 is 4.42 Å². The second-order valence-electron chi connectivity index (χ2n) is 2.29. The van der Waals surface area contributed by atoms with E-state index in [-0.39, 0.29) is 5.63 Å². The van der Waals surface area contributed by atoms with Crippen molar-refractivity contribution in [2.24, 2.45) is 0 Å². The molecular weight excluding hydrogens is 172 g/mol. The van der Waals surface area contributed by atoms with Gasteiger partial charge in [0.2, 0.25) is 0 Å². The van der Waals surface area contributed by atoms with Crippen molar-refractivity contribution in [2.45, 2.75) is 0 Å². The van der Waals surface area contributed by atoms with Gasteiger partial charge in [-0.15, -0.1) is 0 Å². The van der Waals surface area contributed by atoms with Crippen molar-refractivity contribution in [3.8, 4) is 0 Å². The van der Waals surface area contributed by atoms with Crippen molar-refractivity contribution in [3.05, 3.63) is 46.8 Å². The van der Waals surface area contributed by atoms with Crippen LogP contribution in [0, 0.1) is 0 Å². The maximum atomic E-state index is 10.7. The first-order valence-corrected chi connectivity index (χ1v) is 3.55. The topological polar surface area (TPSA) is 70.7 Å². The fraction of sp³-hybridized carbons (Fsp3) is 0. The van der Waals surface area contributed by atoms with Crippen LogP contribution in [-0.4, -0.2) is 10.5 Å². The van der Waals surface area contributed by atoms with Crippen LogP contribution in [0.1, 0.15) is 0 Å². The van der Waals surface area contributed by atoms with Crippen molar-refractivity contribution in [1.29, 1.82) is 0 Å². The summed E-state index contributed by atoms with van der Waals surface area (Å²) in [7, 11) is 0. The highest BCUT2D eigenvalue weighted by Crippen LogP contribution is 2.08. The van der Waals surface area contributed by atoms with E-state index in [0.717, 1.165) is 5.39 Å². The molecule has 0 aliphatic heterocycles. The number of benzene rings is 1. The van der Waals surface area contributed by atoms with Crippen molar-refractivity contribution < 1.29 is 14.9 Å². The maximum absolute atomic E-state index is 10.7. The Morgan fingerprint density at radius 2 is 1.69 bits per heavy atom. The first-order valence-electron chi connectivity index (χ1n) is 3.55. The zero-order chi connectivity index (χ0) is 9.68. The van der Waals surface area contributed by atoms with Crippen LogP contribution in [0.2, 0.25) is 0 Å². The molecule has 1 aromatic heterocycles. The highest BCUT2D eigenvalue weighted by atomic mass is 17.0. The van der Waals surface area contributed by atoms with Gasteiger partial charge in [0.05, 0.1) is 0 Å². The molecular formula is C9H8O4. The van der Waals surface area contributed by atoms with Crippen molar-refractivity contribution in [1.82, 2.24) is 0 Å². The summed E-state index contributed by atoms with van der Waals surface area (Å²) in [6, 6.07) is 10.6. The predicted molar refractivity (Wildman–Crippen MR) is 47.7 cm³/mol. The highest BCUT2D eigenvalue weighted by Gasteiger charge is 1.92. The third kappa shape index (κ3) is 2.14. The fourth-order valence-corrected chi connectivity index (χ4v) is 1.01. The molecule has 2 aromatic rings. The van der Waals surface area contributed by atoms with E-state index in [9.17, 15) is 4.79 Å². The van der Waals surface area contributed by atoms with Crippen LogP contribution in [0.4, 0.5) is 0 Å². The fourth-order valence-electron chi connectivity index (χ4n) is 1.01. The lowest BCUT2D eigenvalue weighted by Gasteiger charge is -1.91. The van der Waals surface area contributed by atoms with Crippen LogP contribution in [0.3, 0.4) is 0 Å². The van der Waals surface area contributed by atoms with Crippen LogP contribution < -0.4 is 5.63 Å². The molecule has 0 amide bonds. The van der Waals surface area contributed by atoms with Gasteiger partial charge in [-0.3, -0.25) is 10.5 Å². The van der Waals surface area contributed by atoms with E-state index in [0.29, 0.717) is 5.58 Å². The Bertz CT molecular complexity index is 433. The molecule has 0 spiro atoms. The zero-order valence-corrected chi connectivity index (χ0v) is 6.68. The molecule has 2 rings (SSSR count). The Hall–Kier alpha value is -1.65. The molecule has 4 heteroatoms. The molecule has 13 heavy (non-hydrogen) atoms. The molecule has 2 N–H and O–H groups in total. The number of hydrogen-bond donors (Lipinski definition) is 2. The van der Waals surface area contributed by atoms with Crippen LogP contribution in [0.5, 0.6) is 0 Å². The Balaban J connectivity index is 0.000000396. The zero-order valence-electron chi connectivity index (χ0n) is 6.68.